The minimum atomic E-state index is 0.102. The molecule has 0 amide bonds. The fourth-order valence-electron chi connectivity index (χ4n) is 1.86. The van der Waals surface area contributed by atoms with Crippen LogP contribution in [0.15, 0.2) is 6.20 Å². The van der Waals surface area contributed by atoms with Crippen LogP contribution in [-0.2, 0) is 5.41 Å². The summed E-state index contributed by atoms with van der Waals surface area (Å²) in [5.41, 5.74) is 1.18. The van der Waals surface area contributed by atoms with Gasteiger partial charge < -0.3 is 4.59 Å². The Labute approximate surface area is 99.9 Å². The van der Waals surface area contributed by atoms with Gasteiger partial charge in [-0.2, -0.15) is 0 Å². The van der Waals surface area contributed by atoms with E-state index in [1.807, 2.05) is 20.4 Å². The molecule has 3 nitrogen and oxygen atoms in total. The Morgan fingerprint density at radius 3 is 2.44 bits per heavy atom. The highest BCUT2D eigenvalue weighted by Gasteiger charge is 2.27. The lowest BCUT2D eigenvalue weighted by molar-refractivity contribution is 0.305. The first-order chi connectivity index (χ1) is 7.36. The van der Waals surface area contributed by atoms with E-state index in [4.69, 9.17) is 0 Å². The maximum Gasteiger partial charge on any atom is 0.278 e. The topological polar surface area (TPSA) is 30.7 Å². The minimum Gasteiger partial charge on any atom is -0.304 e. The molecule has 0 saturated carbocycles. The lowest BCUT2D eigenvalue weighted by Crippen LogP contribution is -2.23. The van der Waals surface area contributed by atoms with Gasteiger partial charge in [0.2, 0.25) is 0 Å². The first-order valence-electron chi connectivity index (χ1n) is 6.08. The van der Waals surface area contributed by atoms with Crippen LogP contribution in [0.25, 0.3) is 0 Å². The summed E-state index contributed by atoms with van der Waals surface area (Å²) in [5.74, 6) is 1.41. The van der Waals surface area contributed by atoms with Crippen molar-refractivity contribution in [2.75, 3.05) is 0 Å². The summed E-state index contributed by atoms with van der Waals surface area (Å²) in [6, 6.07) is 0. The molecule has 1 aromatic heterocycles. The van der Waals surface area contributed by atoms with Crippen molar-refractivity contribution in [3.63, 3.8) is 0 Å². The van der Waals surface area contributed by atoms with E-state index in [9.17, 15) is 0 Å². The number of nitrogens with zero attached hydrogens (tertiary/aromatic N) is 3. The van der Waals surface area contributed by atoms with Crippen molar-refractivity contribution >= 4 is 7.41 Å². The van der Waals surface area contributed by atoms with Crippen LogP contribution in [-0.4, -0.2) is 22.3 Å². The summed E-state index contributed by atoms with van der Waals surface area (Å²) in [6.07, 6.45) is 3.17. The summed E-state index contributed by atoms with van der Waals surface area (Å²) in [5, 5.41) is 8.32. The van der Waals surface area contributed by atoms with Crippen LogP contribution in [0.3, 0.4) is 0 Å². The number of aromatic nitrogens is 3. The first kappa shape index (κ1) is 13.3. The van der Waals surface area contributed by atoms with Crippen molar-refractivity contribution in [2.45, 2.75) is 53.3 Å². The summed E-state index contributed by atoms with van der Waals surface area (Å²) in [4.78, 5) is 0. The highest BCUT2D eigenvalue weighted by atomic mass is 15.4. The Bertz CT molecular complexity index is 331. The van der Waals surface area contributed by atoms with Gasteiger partial charge in [-0.15, -0.1) is 5.10 Å². The molecule has 0 bridgehead atoms. The van der Waals surface area contributed by atoms with E-state index in [0.717, 1.165) is 12.1 Å². The molecule has 1 unspecified atom stereocenters. The van der Waals surface area contributed by atoms with E-state index in [2.05, 4.69) is 44.9 Å². The van der Waals surface area contributed by atoms with Gasteiger partial charge in [0.1, 0.15) is 0 Å². The summed E-state index contributed by atoms with van der Waals surface area (Å²) < 4.78 is 1.77. The third-order valence-electron chi connectivity index (χ3n) is 3.44. The van der Waals surface area contributed by atoms with Crippen LogP contribution in [0.1, 0.15) is 46.7 Å². The first-order valence-corrected chi connectivity index (χ1v) is 6.08. The predicted molar refractivity (Wildman–Crippen MR) is 68.7 cm³/mol. The Morgan fingerprint density at radius 1 is 1.38 bits per heavy atom. The molecular formula is C12H23BN3. The molecule has 0 aliphatic rings. The second kappa shape index (κ2) is 5.02. The number of hydrogen-bond acceptors (Lipinski definition) is 2. The van der Waals surface area contributed by atoms with Crippen molar-refractivity contribution < 1.29 is 0 Å². The lowest BCUT2D eigenvalue weighted by atomic mass is 9.77. The van der Waals surface area contributed by atoms with Gasteiger partial charge in [-0.3, -0.25) is 0 Å². The van der Waals surface area contributed by atoms with Crippen LogP contribution < -0.4 is 0 Å². The van der Waals surface area contributed by atoms with Gasteiger partial charge in [0.25, 0.3) is 7.41 Å². The van der Waals surface area contributed by atoms with Gasteiger partial charge in [0.05, 0.1) is 5.69 Å². The lowest BCUT2D eigenvalue weighted by Gasteiger charge is -2.27. The average Bonchev–Trinajstić information content (AvgIpc) is 2.65. The van der Waals surface area contributed by atoms with Gasteiger partial charge in [0, 0.05) is 11.6 Å². The maximum absolute atomic E-state index is 4.25. The predicted octanol–water partition coefficient (Wildman–Crippen LogP) is 2.75. The highest BCUT2D eigenvalue weighted by Crippen LogP contribution is 2.31. The van der Waals surface area contributed by atoms with Crippen LogP contribution in [0.5, 0.6) is 0 Å². The Kier molecular flexibility index (Phi) is 4.17. The van der Waals surface area contributed by atoms with Gasteiger partial charge in [0.15, 0.2) is 0 Å². The highest BCUT2D eigenvalue weighted by molar-refractivity contribution is 6.30. The largest absolute Gasteiger partial charge is 0.304 e. The molecule has 0 spiro atoms. The fourth-order valence-corrected chi connectivity index (χ4v) is 1.86. The van der Waals surface area contributed by atoms with Crippen molar-refractivity contribution in [2.24, 2.45) is 11.8 Å². The Balaban J connectivity index is 2.76. The van der Waals surface area contributed by atoms with E-state index in [1.165, 1.54) is 0 Å². The monoisotopic (exact) mass is 220 g/mol. The smallest absolute Gasteiger partial charge is 0.278 e. The standard InChI is InChI=1S/C12H23BN3/c1-9(2)10(3)7-12(4,5)11-8-16(13-6)15-14-11/h8-10H,7H2,1-6H3. The van der Waals surface area contributed by atoms with Gasteiger partial charge in [-0.05, 0) is 18.3 Å². The molecule has 0 N–H and O–H groups in total. The molecular weight excluding hydrogens is 197 g/mol. The zero-order valence-electron chi connectivity index (χ0n) is 11.4. The van der Waals surface area contributed by atoms with Crippen molar-refractivity contribution in [1.82, 2.24) is 14.9 Å². The zero-order chi connectivity index (χ0) is 12.3. The normalized spacial score (nSPS) is 14.2. The Hall–Kier alpha value is -0.795. The summed E-state index contributed by atoms with van der Waals surface area (Å²) in [6.45, 7) is 13.3. The third-order valence-corrected chi connectivity index (χ3v) is 3.44. The molecule has 1 aromatic rings. The summed E-state index contributed by atoms with van der Waals surface area (Å²) in [7, 11) is 1.92. The number of hydrogen-bond donors (Lipinski definition) is 0. The average molecular weight is 220 g/mol. The fraction of sp³-hybridized carbons (Fsp3) is 0.833. The molecule has 1 atom stereocenters. The van der Waals surface area contributed by atoms with Gasteiger partial charge in [-0.25, -0.2) is 0 Å². The molecule has 89 valence electrons. The molecule has 4 heteroatoms. The van der Waals surface area contributed by atoms with E-state index in [1.54, 1.807) is 4.59 Å². The molecule has 1 rings (SSSR count). The molecule has 0 aliphatic heterocycles. The van der Waals surface area contributed by atoms with E-state index in [-0.39, 0.29) is 5.41 Å². The summed E-state index contributed by atoms with van der Waals surface area (Å²) >= 11 is 0. The van der Waals surface area contributed by atoms with Crippen LogP contribution in [0.2, 0.25) is 6.82 Å². The van der Waals surface area contributed by atoms with Crippen molar-refractivity contribution in [3.05, 3.63) is 11.9 Å². The molecule has 0 aliphatic carbocycles. The van der Waals surface area contributed by atoms with E-state index in [0.29, 0.717) is 11.8 Å². The molecule has 1 radical (unpaired) electrons. The molecule has 0 saturated heterocycles. The molecule has 1 heterocycles. The Morgan fingerprint density at radius 2 is 2.00 bits per heavy atom. The zero-order valence-corrected chi connectivity index (χ0v) is 11.4. The third kappa shape index (κ3) is 3.10. The van der Waals surface area contributed by atoms with Gasteiger partial charge in [-0.1, -0.05) is 46.7 Å². The number of rotatable bonds is 5. The second-order valence-electron chi connectivity index (χ2n) is 5.65. The quantitative estimate of drug-likeness (QED) is 0.714. The maximum atomic E-state index is 4.25. The molecule has 0 fully saturated rings. The molecule has 16 heavy (non-hydrogen) atoms. The molecule has 0 aromatic carbocycles. The SMILES string of the molecule is C[B]n1cc(C(C)(C)CC(C)C(C)C)nn1. The minimum absolute atomic E-state index is 0.102. The van der Waals surface area contributed by atoms with Crippen molar-refractivity contribution in [3.8, 4) is 0 Å². The van der Waals surface area contributed by atoms with Gasteiger partial charge >= 0.3 is 0 Å². The second-order valence-corrected chi connectivity index (χ2v) is 5.65. The van der Waals surface area contributed by atoms with E-state index >= 15 is 0 Å². The van der Waals surface area contributed by atoms with E-state index < -0.39 is 0 Å². The van der Waals surface area contributed by atoms with Crippen LogP contribution in [0, 0.1) is 11.8 Å². The van der Waals surface area contributed by atoms with Crippen molar-refractivity contribution in [1.29, 1.82) is 0 Å². The van der Waals surface area contributed by atoms with Crippen LogP contribution in [0.4, 0.5) is 0 Å². The van der Waals surface area contributed by atoms with Crippen LogP contribution >= 0.6 is 0 Å².